The maximum absolute atomic E-state index is 15.9. The molecule has 5 rings (SSSR count). The van der Waals surface area contributed by atoms with Gasteiger partial charge in [-0.05, 0) is 66.5 Å². The van der Waals surface area contributed by atoms with E-state index < -0.39 is 0 Å². The van der Waals surface area contributed by atoms with E-state index in [2.05, 4.69) is 29.2 Å². The standard InChI is InChI=1S/C31H36FNO4.C2H6/c1-35-29-19-28(33-15-13-21(14-16-33)31(36-2)37-3)27(32)18-26(29)30-24(20-7-5-4-6-8-20)11-9-22-17-23(34)10-12-25(22)30;1-2/h4-8,10,12,17-19,21,24,30-31,34H,9,11,13-16H2,1-3H3;1-2H3. The number of anilines is 1. The van der Waals surface area contributed by atoms with Gasteiger partial charge in [-0.3, -0.25) is 0 Å². The van der Waals surface area contributed by atoms with Crippen molar-refractivity contribution in [3.8, 4) is 11.5 Å². The Kier molecular flexibility index (Phi) is 9.87. The third kappa shape index (κ3) is 6.07. The van der Waals surface area contributed by atoms with Gasteiger partial charge in [-0.25, -0.2) is 4.39 Å². The number of fused-ring (bicyclic) bond motifs is 1. The first-order valence-electron chi connectivity index (χ1n) is 14.1. The molecular weight excluding hydrogens is 493 g/mol. The van der Waals surface area contributed by atoms with Crippen molar-refractivity contribution in [3.05, 3.63) is 88.7 Å². The molecule has 1 heterocycles. The highest BCUT2D eigenvalue weighted by atomic mass is 19.1. The summed E-state index contributed by atoms with van der Waals surface area (Å²) in [6.07, 6.45) is 3.27. The van der Waals surface area contributed by atoms with Crippen LogP contribution in [0.4, 0.5) is 10.1 Å². The van der Waals surface area contributed by atoms with Crippen LogP contribution in [0.2, 0.25) is 0 Å². The van der Waals surface area contributed by atoms with Crippen molar-refractivity contribution in [2.75, 3.05) is 39.3 Å². The highest BCUT2D eigenvalue weighted by molar-refractivity contribution is 5.59. The quantitative estimate of drug-likeness (QED) is 0.323. The molecule has 1 fully saturated rings. The number of aromatic hydroxyl groups is 1. The Morgan fingerprint density at radius 2 is 1.56 bits per heavy atom. The van der Waals surface area contributed by atoms with Gasteiger partial charge in [-0.1, -0.05) is 50.2 Å². The number of methoxy groups -OCH3 is 3. The molecule has 2 atom stereocenters. The average molecular weight is 536 g/mol. The predicted molar refractivity (Wildman–Crippen MR) is 154 cm³/mol. The molecule has 210 valence electrons. The summed E-state index contributed by atoms with van der Waals surface area (Å²) < 4.78 is 32.7. The second kappa shape index (κ2) is 13.3. The van der Waals surface area contributed by atoms with Crippen molar-refractivity contribution in [3.63, 3.8) is 0 Å². The molecule has 0 saturated carbocycles. The van der Waals surface area contributed by atoms with Crippen LogP contribution in [0.25, 0.3) is 0 Å². The SMILES string of the molecule is CC.COc1cc(N2CCC(C(OC)OC)CC2)c(F)cc1C1c2ccc(O)cc2CCC1c1ccccc1. The minimum atomic E-state index is -0.234. The second-order valence-electron chi connectivity index (χ2n) is 10.1. The Bertz CT molecular complexity index is 1210. The van der Waals surface area contributed by atoms with Crippen LogP contribution in [0.3, 0.4) is 0 Å². The molecule has 0 amide bonds. The van der Waals surface area contributed by atoms with Crippen molar-refractivity contribution < 1.29 is 23.7 Å². The minimum Gasteiger partial charge on any atom is -0.508 e. The van der Waals surface area contributed by atoms with Crippen LogP contribution in [-0.4, -0.2) is 45.8 Å². The molecule has 0 radical (unpaired) electrons. The fraction of sp³-hybridized carbons (Fsp3) is 0.455. The molecule has 1 saturated heterocycles. The maximum Gasteiger partial charge on any atom is 0.159 e. The zero-order chi connectivity index (χ0) is 27.9. The summed E-state index contributed by atoms with van der Waals surface area (Å²) in [6, 6.07) is 19.5. The predicted octanol–water partition coefficient (Wildman–Crippen LogP) is 7.26. The minimum absolute atomic E-state index is 0.0832. The highest BCUT2D eigenvalue weighted by Crippen LogP contribution is 2.50. The van der Waals surface area contributed by atoms with Crippen molar-refractivity contribution in [2.24, 2.45) is 5.92 Å². The normalized spacial score (nSPS) is 19.3. The number of rotatable bonds is 7. The number of phenols is 1. The van der Waals surface area contributed by atoms with Crippen molar-refractivity contribution >= 4 is 5.69 Å². The number of phenolic OH excluding ortho intramolecular Hbond substituents is 1. The summed E-state index contributed by atoms with van der Waals surface area (Å²) in [5.74, 6) is 1.10. The number of nitrogens with zero attached hydrogens (tertiary/aromatic N) is 1. The molecule has 2 aliphatic rings. The van der Waals surface area contributed by atoms with E-state index >= 15 is 4.39 Å². The lowest BCUT2D eigenvalue weighted by atomic mass is 9.69. The largest absolute Gasteiger partial charge is 0.508 e. The van der Waals surface area contributed by atoms with Crippen LogP contribution in [0.5, 0.6) is 11.5 Å². The van der Waals surface area contributed by atoms with Gasteiger partial charge in [-0.2, -0.15) is 0 Å². The summed E-state index contributed by atoms with van der Waals surface area (Å²) >= 11 is 0. The molecule has 0 bridgehead atoms. The van der Waals surface area contributed by atoms with E-state index in [0.29, 0.717) is 11.4 Å². The molecule has 3 aromatic carbocycles. The first-order valence-corrected chi connectivity index (χ1v) is 14.1. The van der Waals surface area contributed by atoms with Crippen LogP contribution in [0.15, 0.2) is 60.7 Å². The van der Waals surface area contributed by atoms with Gasteiger partial charge in [0.2, 0.25) is 0 Å². The van der Waals surface area contributed by atoms with Gasteiger partial charge >= 0.3 is 0 Å². The molecule has 5 nitrogen and oxygen atoms in total. The zero-order valence-electron chi connectivity index (χ0n) is 23.8. The van der Waals surface area contributed by atoms with Gasteiger partial charge in [0.15, 0.2) is 6.29 Å². The van der Waals surface area contributed by atoms with E-state index in [4.69, 9.17) is 14.2 Å². The second-order valence-corrected chi connectivity index (χ2v) is 10.1. The van der Waals surface area contributed by atoms with Crippen LogP contribution in [0, 0.1) is 11.7 Å². The molecule has 3 aromatic rings. The van der Waals surface area contributed by atoms with E-state index in [1.54, 1.807) is 33.5 Å². The monoisotopic (exact) mass is 535 g/mol. The Hall–Kier alpha value is -3.09. The summed E-state index contributed by atoms with van der Waals surface area (Å²) in [5, 5.41) is 10.1. The number of ether oxygens (including phenoxy) is 3. The summed E-state index contributed by atoms with van der Waals surface area (Å²) in [5.41, 5.74) is 4.87. The first kappa shape index (κ1) is 28.9. The maximum atomic E-state index is 15.9. The third-order valence-electron chi connectivity index (χ3n) is 8.18. The summed E-state index contributed by atoms with van der Waals surface area (Å²) in [4.78, 5) is 2.10. The first-order chi connectivity index (χ1) is 19.0. The highest BCUT2D eigenvalue weighted by Gasteiger charge is 2.35. The molecule has 39 heavy (non-hydrogen) atoms. The Balaban J connectivity index is 0.00000172. The number of halogens is 1. The summed E-state index contributed by atoms with van der Waals surface area (Å²) in [6.45, 7) is 5.46. The Morgan fingerprint density at radius 3 is 2.21 bits per heavy atom. The van der Waals surface area contributed by atoms with Crippen LogP contribution >= 0.6 is 0 Å². The number of benzene rings is 3. The van der Waals surface area contributed by atoms with Gasteiger partial charge in [0.05, 0.1) is 12.8 Å². The molecule has 2 unspecified atom stereocenters. The number of piperidine rings is 1. The summed E-state index contributed by atoms with van der Waals surface area (Å²) in [7, 11) is 4.99. The smallest absolute Gasteiger partial charge is 0.159 e. The number of aryl methyl sites for hydroxylation is 1. The van der Waals surface area contributed by atoms with Crippen LogP contribution < -0.4 is 9.64 Å². The van der Waals surface area contributed by atoms with E-state index in [9.17, 15) is 5.11 Å². The van der Waals surface area contributed by atoms with Crippen molar-refractivity contribution in [1.29, 1.82) is 0 Å². The average Bonchev–Trinajstić information content (AvgIpc) is 2.99. The number of hydrogen-bond acceptors (Lipinski definition) is 5. The Morgan fingerprint density at radius 1 is 0.872 bits per heavy atom. The van der Waals surface area contributed by atoms with E-state index in [1.807, 2.05) is 38.1 Å². The molecule has 1 N–H and O–H groups in total. The van der Waals surface area contributed by atoms with E-state index in [1.165, 1.54) is 5.56 Å². The fourth-order valence-corrected chi connectivity index (χ4v) is 6.36. The molecule has 1 aliphatic heterocycles. The van der Waals surface area contributed by atoms with Gasteiger partial charge < -0.3 is 24.2 Å². The zero-order valence-corrected chi connectivity index (χ0v) is 23.8. The fourth-order valence-electron chi connectivity index (χ4n) is 6.36. The molecular formula is C33H42FNO4. The lowest BCUT2D eigenvalue weighted by molar-refractivity contribution is -0.141. The third-order valence-corrected chi connectivity index (χ3v) is 8.18. The van der Waals surface area contributed by atoms with Crippen molar-refractivity contribution in [2.45, 2.75) is 57.7 Å². The van der Waals surface area contributed by atoms with Gasteiger partial charge in [-0.15, -0.1) is 0 Å². The van der Waals surface area contributed by atoms with Crippen LogP contribution in [-0.2, 0) is 15.9 Å². The van der Waals surface area contributed by atoms with Gasteiger partial charge in [0.1, 0.15) is 17.3 Å². The topological polar surface area (TPSA) is 51.2 Å². The van der Waals surface area contributed by atoms with E-state index in [-0.39, 0.29) is 35.6 Å². The molecule has 0 aromatic heterocycles. The lowest BCUT2D eigenvalue weighted by Gasteiger charge is -2.38. The Labute approximate surface area is 232 Å². The van der Waals surface area contributed by atoms with Crippen molar-refractivity contribution in [1.82, 2.24) is 0 Å². The number of hydrogen-bond donors (Lipinski definition) is 1. The van der Waals surface area contributed by atoms with Crippen LogP contribution in [0.1, 0.15) is 67.2 Å². The molecule has 0 spiro atoms. The van der Waals surface area contributed by atoms with E-state index in [0.717, 1.165) is 55.5 Å². The van der Waals surface area contributed by atoms with Gasteiger partial charge in [0, 0.05) is 50.8 Å². The van der Waals surface area contributed by atoms with Gasteiger partial charge in [0.25, 0.3) is 0 Å². The molecule has 6 heteroatoms. The molecule has 1 aliphatic carbocycles. The lowest BCUT2D eigenvalue weighted by Crippen LogP contribution is -2.39.